The second-order valence-corrected chi connectivity index (χ2v) is 5.97. The van der Waals surface area contributed by atoms with Gasteiger partial charge in [0.15, 0.2) is 11.5 Å². The fourth-order valence-corrected chi connectivity index (χ4v) is 2.73. The van der Waals surface area contributed by atoms with Gasteiger partial charge in [0.05, 0.1) is 0 Å². The Labute approximate surface area is 145 Å². The number of halogens is 1. The lowest BCUT2D eigenvalue weighted by atomic mass is 10.2. The molecule has 1 aromatic heterocycles. The van der Waals surface area contributed by atoms with Crippen LogP contribution in [0.3, 0.4) is 0 Å². The Balaban J connectivity index is 1.67. The predicted octanol–water partition coefficient (Wildman–Crippen LogP) is 2.15. The Morgan fingerprint density at radius 3 is 2.62 bits per heavy atom. The molecule has 2 N–H and O–H groups in total. The third-order valence-corrected chi connectivity index (χ3v) is 4.16. The molecule has 0 radical (unpaired) electrons. The number of aromatic amines is 1. The van der Waals surface area contributed by atoms with E-state index in [9.17, 15) is 4.79 Å². The minimum Gasteiger partial charge on any atom is -0.337 e. The SMILES string of the molecule is C=CCN1CCN(C(=O)c2n[nH]nc2Nc2ccc(Cl)cc2)CC1. The van der Waals surface area contributed by atoms with Crippen molar-refractivity contribution in [1.82, 2.24) is 25.2 Å². The van der Waals surface area contributed by atoms with Crippen LogP contribution in [0.15, 0.2) is 36.9 Å². The number of H-pyrrole nitrogens is 1. The van der Waals surface area contributed by atoms with E-state index in [4.69, 9.17) is 11.6 Å². The smallest absolute Gasteiger partial charge is 0.278 e. The number of aromatic nitrogens is 3. The number of carbonyl (C=O) groups is 1. The van der Waals surface area contributed by atoms with Crippen molar-refractivity contribution in [2.75, 3.05) is 38.0 Å². The first-order chi connectivity index (χ1) is 11.7. The Hall–Kier alpha value is -2.38. The Morgan fingerprint density at radius 2 is 1.96 bits per heavy atom. The molecule has 0 spiro atoms. The summed E-state index contributed by atoms with van der Waals surface area (Å²) < 4.78 is 0. The summed E-state index contributed by atoms with van der Waals surface area (Å²) in [6.45, 7) is 7.58. The van der Waals surface area contributed by atoms with Crippen LogP contribution in [0, 0.1) is 0 Å². The topological polar surface area (TPSA) is 77.2 Å². The van der Waals surface area contributed by atoms with Crippen molar-refractivity contribution in [3.63, 3.8) is 0 Å². The monoisotopic (exact) mass is 346 g/mol. The first-order valence-electron chi connectivity index (χ1n) is 7.73. The van der Waals surface area contributed by atoms with Gasteiger partial charge in [0.2, 0.25) is 0 Å². The van der Waals surface area contributed by atoms with Crippen molar-refractivity contribution in [2.45, 2.75) is 0 Å². The summed E-state index contributed by atoms with van der Waals surface area (Å²) in [6, 6.07) is 7.17. The average Bonchev–Trinajstić information content (AvgIpc) is 3.05. The summed E-state index contributed by atoms with van der Waals surface area (Å²) >= 11 is 5.88. The Kier molecular flexibility index (Phi) is 5.12. The number of amides is 1. The van der Waals surface area contributed by atoms with E-state index in [1.165, 1.54) is 0 Å². The van der Waals surface area contributed by atoms with Crippen molar-refractivity contribution < 1.29 is 4.79 Å². The second kappa shape index (κ2) is 7.46. The molecule has 1 saturated heterocycles. The highest BCUT2D eigenvalue weighted by molar-refractivity contribution is 6.30. The second-order valence-electron chi connectivity index (χ2n) is 5.53. The van der Waals surface area contributed by atoms with Crippen molar-refractivity contribution in [3.05, 3.63) is 47.6 Å². The van der Waals surface area contributed by atoms with Gasteiger partial charge in [-0.2, -0.15) is 5.21 Å². The maximum Gasteiger partial charge on any atom is 0.278 e. The maximum absolute atomic E-state index is 12.7. The van der Waals surface area contributed by atoms with E-state index < -0.39 is 0 Å². The Morgan fingerprint density at radius 1 is 1.25 bits per heavy atom. The number of benzene rings is 1. The molecule has 0 aliphatic carbocycles. The zero-order valence-corrected chi connectivity index (χ0v) is 14.0. The molecule has 126 valence electrons. The lowest BCUT2D eigenvalue weighted by Crippen LogP contribution is -2.48. The van der Waals surface area contributed by atoms with Crippen molar-refractivity contribution >= 4 is 29.0 Å². The predicted molar refractivity (Wildman–Crippen MR) is 93.7 cm³/mol. The molecule has 1 aliphatic heterocycles. The van der Waals surface area contributed by atoms with Crippen LogP contribution in [0.4, 0.5) is 11.5 Å². The minimum absolute atomic E-state index is 0.126. The lowest BCUT2D eigenvalue weighted by molar-refractivity contribution is 0.0645. The molecule has 7 nitrogen and oxygen atoms in total. The van der Waals surface area contributed by atoms with Crippen LogP contribution in [0.5, 0.6) is 0 Å². The normalized spacial score (nSPS) is 15.3. The van der Waals surface area contributed by atoms with Gasteiger partial charge in [-0.25, -0.2) is 0 Å². The zero-order chi connectivity index (χ0) is 16.9. The zero-order valence-electron chi connectivity index (χ0n) is 13.2. The number of rotatable bonds is 5. The van der Waals surface area contributed by atoms with Gasteiger partial charge < -0.3 is 10.2 Å². The molecule has 0 atom stereocenters. The van der Waals surface area contributed by atoms with Gasteiger partial charge in [0.1, 0.15) is 0 Å². The van der Waals surface area contributed by atoms with E-state index in [-0.39, 0.29) is 5.91 Å². The van der Waals surface area contributed by atoms with Gasteiger partial charge >= 0.3 is 0 Å². The molecular weight excluding hydrogens is 328 g/mol. The summed E-state index contributed by atoms with van der Waals surface area (Å²) in [4.78, 5) is 16.7. The molecule has 0 bridgehead atoms. The van der Waals surface area contributed by atoms with E-state index in [2.05, 4.69) is 32.2 Å². The largest absolute Gasteiger partial charge is 0.337 e. The third kappa shape index (κ3) is 3.74. The number of piperazine rings is 1. The lowest BCUT2D eigenvalue weighted by Gasteiger charge is -2.33. The molecule has 2 aromatic rings. The molecule has 2 heterocycles. The van der Waals surface area contributed by atoms with Gasteiger partial charge in [-0.1, -0.05) is 17.7 Å². The molecule has 1 aromatic carbocycles. The number of anilines is 2. The molecular formula is C16H19ClN6O. The van der Waals surface area contributed by atoms with Gasteiger partial charge in [-0.3, -0.25) is 9.69 Å². The molecule has 24 heavy (non-hydrogen) atoms. The molecule has 1 fully saturated rings. The highest BCUT2D eigenvalue weighted by atomic mass is 35.5. The third-order valence-electron chi connectivity index (χ3n) is 3.90. The van der Waals surface area contributed by atoms with Crippen LogP contribution >= 0.6 is 11.6 Å². The quantitative estimate of drug-likeness (QED) is 0.811. The molecule has 1 aliphatic rings. The van der Waals surface area contributed by atoms with E-state index in [1.807, 2.05) is 18.2 Å². The Bertz CT molecular complexity index is 706. The van der Waals surface area contributed by atoms with Crippen LogP contribution in [0.1, 0.15) is 10.5 Å². The van der Waals surface area contributed by atoms with Crippen LogP contribution in [0.2, 0.25) is 5.02 Å². The standard InChI is InChI=1S/C16H19ClN6O/c1-2-7-22-8-10-23(11-9-22)16(24)14-15(20-21-19-14)18-13-5-3-12(17)4-6-13/h2-6H,1,7-11H2,(H2,18,19,20,21). The highest BCUT2D eigenvalue weighted by Crippen LogP contribution is 2.20. The molecule has 1 amide bonds. The van der Waals surface area contributed by atoms with E-state index in [0.717, 1.165) is 25.3 Å². The molecule has 0 unspecified atom stereocenters. The number of carbonyl (C=O) groups excluding carboxylic acids is 1. The first-order valence-corrected chi connectivity index (χ1v) is 8.11. The first kappa shape index (κ1) is 16.5. The molecule has 0 saturated carbocycles. The van der Waals surface area contributed by atoms with E-state index in [0.29, 0.717) is 29.6 Å². The number of nitrogens with one attached hydrogen (secondary N) is 2. The van der Waals surface area contributed by atoms with Crippen molar-refractivity contribution in [2.24, 2.45) is 0 Å². The van der Waals surface area contributed by atoms with Crippen LogP contribution < -0.4 is 5.32 Å². The summed E-state index contributed by atoms with van der Waals surface area (Å²) in [5, 5.41) is 14.3. The number of hydrogen-bond acceptors (Lipinski definition) is 5. The van der Waals surface area contributed by atoms with Gasteiger partial charge in [-0.05, 0) is 24.3 Å². The van der Waals surface area contributed by atoms with Gasteiger partial charge in [0, 0.05) is 43.4 Å². The fourth-order valence-electron chi connectivity index (χ4n) is 2.60. The van der Waals surface area contributed by atoms with E-state index in [1.54, 1.807) is 17.0 Å². The summed E-state index contributed by atoms with van der Waals surface area (Å²) in [5.41, 5.74) is 1.08. The van der Waals surface area contributed by atoms with Crippen molar-refractivity contribution in [3.8, 4) is 0 Å². The van der Waals surface area contributed by atoms with Crippen LogP contribution in [-0.2, 0) is 0 Å². The average molecular weight is 347 g/mol. The minimum atomic E-state index is -0.126. The number of hydrogen-bond donors (Lipinski definition) is 2. The summed E-state index contributed by atoms with van der Waals surface area (Å²) in [7, 11) is 0. The van der Waals surface area contributed by atoms with E-state index >= 15 is 0 Å². The van der Waals surface area contributed by atoms with Crippen LogP contribution in [0.25, 0.3) is 0 Å². The molecule has 8 heteroatoms. The fraction of sp³-hybridized carbons (Fsp3) is 0.312. The van der Waals surface area contributed by atoms with Gasteiger partial charge in [0.25, 0.3) is 5.91 Å². The van der Waals surface area contributed by atoms with Crippen molar-refractivity contribution in [1.29, 1.82) is 0 Å². The molecule has 3 rings (SSSR count). The van der Waals surface area contributed by atoms with Crippen LogP contribution in [-0.4, -0.2) is 63.8 Å². The van der Waals surface area contributed by atoms with Gasteiger partial charge in [-0.15, -0.1) is 16.8 Å². The number of nitrogens with zero attached hydrogens (tertiary/aromatic N) is 4. The summed E-state index contributed by atoms with van der Waals surface area (Å²) in [6.07, 6.45) is 1.88. The summed E-state index contributed by atoms with van der Waals surface area (Å²) in [5.74, 6) is 0.286. The maximum atomic E-state index is 12.7. The highest BCUT2D eigenvalue weighted by Gasteiger charge is 2.26.